The second-order valence-electron chi connectivity index (χ2n) is 3.81. The number of aromatic nitrogens is 2. The van der Waals surface area contributed by atoms with Gasteiger partial charge in [-0.25, -0.2) is 0 Å². The molecule has 19 heavy (non-hydrogen) atoms. The van der Waals surface area contributed by atoms with Gasteiger partial charge in [-0.05, 0) is 6.07 Å². The molecule has 0 saturated heterocycles. The van der Waals surface area contributed by atoms with E-state index in [0.717, 1.165) is 0 Å². The maximum Gasteiger partial charge on any atom is 0.261 e. The van der Waals surface area contributed by atoms with E-state index in [2.05, 4.69) is 10.4 Å². The molecule has 0 aliphatic heterocycles. The van der Waals surface area contributed by atoms with Crippen molar-refractivity contribution in [3.05, 3.63) is 26.5 Å². The van der Waals surface area contributed by atoms with E-state index in [-0.39, 0.29) is 5.91 Å². The lowest BCUT2D eigenvalue weighted by atomic mass is 10.2. The van der Waals surface area contributed by atoms with Crippen molar-refractivity contribution < 1.29 is 4.79 Å². The van der Waals surface area contributed by atoms with Crippen molar-refractivity contribution in [2.24, 2.45) is 12.8 Å². The number of hydrogen-bond acceptors (Lipinski definition) is 4. The van der Waals surface area contributed by atoms with Crippen molar-refractivity contribution in [2.45, 2.75) is 0 Å². The average Bonchev–Trinajstić information content (AvgIpc) is 2.90. The molecule has 0 fully saturated rings. The number of halogens is 2. The predicted molar refractivity (Wildman–Crippen MR) is 77.9 cm³/mol. The van der Waals surface area contributed by atoms with E-state index in [1.807, 2.05) is 0 Å². The minimum atomic E-state index is -0.193. The Bertz CT molecular complexity index is 588. The molecule has 0 bridgehead atoms. The molecule has 0 radical (unpaired) electrons. The highest BCUT2D eigenvalue weighted by atomic mass is 35.5. The topological polar surface area (TPSA) is 72.9 Å². The van der Waals surface area contributed by atoms with Crippen LogP contribution in [-0.4, -0.2) is 28.8 Å². The fourth-order valence-electron chi connectivity index (χ4n) is 1.63. The largest absolute Gasteiger partial charge is 0.350 e. The van der Waals surface area contributed by atoms with E-state index >= 15 is 0 Å². The summed E-state index contributed by atoms with van der Waals surface area (Å²) in [6.07, 6.45) is 1.54. The number of nitrogens with two attached hydrogens (primary N) is 1. The average molecular weight is 319 g/mol. The first-order valence-electron chi connectivity index (χ1n) is 5.50. The SMILES string of the molecule is Cn1ncc(Cl)c1-c1cc(C(=O)NCCN)sc1Cl. The number of nitrogens with one attached hydrogen (secondary N) is 1. The molecular formula is C11H12Cl2N4OS. The third-order valence-corrected chi connectivity index (χ3v) is 4.12. The molecule has 2 rings (SSSR count). The Kier molecular flexibility index (Phi) is 4.46. The highest BCUT2D eigenvalue weighted by molar-refractivity contribution is 7.18. The van der Waals surface area contributed by atoms with Crippen molar-refractivity contribution in [3.8, 4) is 11.3 Å². The third-order valence-electron chi connectivity index (χ3n) is 2.49. The summed E-state index contributed by atoms with van der Waals surface area (Å²) in [6, 6.07) is 1.71. The predicted octanol–water partition coefficient (Wildman–Crippen LogP) is 2.14. The van der Waals surface area contributed by atoms with E-state index in [1.165, 1.54) is 11.3 Å². The van der Waals surface area contributed by atoms with E-state index in [1.54, 1.807) is 24.0 Å². The van der Waals surface area contributed by atoms with Crippen LogP contribution < -0.4 is 11.1 Å². The van der Waals surface area contributed by atoms with Gasteiger partial charge in [0.2, 0.25) is 0 Å². The molecule has 0 unspecified atom stereocenters. The maximum absolute atomic E-state index is 11.8. The zero-order chi connectivity index (χ0) is 14.0. The van der Waals surface area contributed by atoms with Gasteiger partial charge in [-0.15, -0.1) is 11.3 Å². The molecule has 0 aliphatic carbocycles. The van der Waals surface area contributed by atoms with Crippen LogP contribution in [0.2, 0.25) is 9.36 Å². The van der Waals surface area contributed by atoms with Crippen molar-refractivity contribution >= 4 is 40.4 Å². The Hall–Kier alpha value is -1.08. The van der Waals surface area contributed by atoms with E-state index in [4.69, 9.17) is 28.9 Å². The smallest absolute Gasteiger partial charge is 0.261 e. The van der Waals surface area contributed by atoms with Crippen LogP contribution in [0.1, 0.15) is 9.67 Å². The first kappa shape index (κ1) is 14.3. The lowest BCUT2D eigenvalue weighted by Crippen LogP contribution is -2.28. The molecule has 0 spiro atoms. The Balaban J connectivity index is 2.34. The van der Waals surface area contributed by atoms with Gasteiger partial charge < -0.3 is 11.1 Å². The first-order chi connectivity index (χ1) is 9.04. The second-order valence-corrected chi connectivity index (χ2v) is 5.87. The Morgan fingerprint density at radius 1 is 1.58 bits per heavy atom. The third kappa shape index (κ3) is 2.92. The van der Waals surface area contributed by atoms with Crippen LogP contribution >= 0.6 is 34.5 Å². The fraction of sp³-hybridized carbons (Fsp3) is 0.273. The summed E-state index contributed by atoms with van der Waals surface area (Å²) in [4.78, 5) is 12.4. The van der Waals surface area contributed by atoms with E-state index in [0.29, 0.717) is 38.6 Å². The molecule has 2 aromatic heterocycles. The van der Waals surface area contributed by atoms with Crippen LogP contribution in [0.5, 0.6) is 0 Å². The second kappa shape index (κ2) is 5.92. The maximum atomic E-state index is 11.8. The molecular weight excluding hydrogens is 307 g/mol. The Labute approximate surface area is 124 Å². The van der Waals surface area contributed by atoms with Gasteiger partial charge >= 0.3 is 0 Å². The summed E-state index contributed by atoms with van der Waals surface area (Å²) in [5, 5.41) is 7.24. The summed E-state index contributed by atoms with van der Waals surface area (Å²) < 4.78 is 2.13. The molecule has 2 heterocycles. The Morgan fingerprint density at radius 3 is 2.89 bits per heavy atom. The van der Waals surface area contributed by atoms with Crippen LogP contribution in [0.3, 0.4) is 0 Å². The molecule has 8 heteroatoms. The number of aryl methyl sites for hydroxylation is 1. The molecule has 0 aliphatic rings. The molecule has 3 N–H and O–H groups in total. The molecule has 102 valence electrons. The highest BCUT2D eigenvalue weighted by Crippen LogP contribution is 2.38. The van der Waals surface area contributed by atoms with Crippen molar-refractivity contribution in [2.75, 3.05) is 13.1 Å². The minimum Gasteiger partial charge on any atom is -0.350 e. The molecule has 5 nitrogen and oxygen atoms in total. The van der Waals surface area contributed by atoms with Gasteiger partial charge in [-0.2, -0.15) is 5.10 Å². The van der Waals surface area contributed by atoms with Crippen LogP contribution in [0.4, 0.5) is 0 Å². The van der Waals surface area contributed by atoms with Crippen molar-refractivity contribution in [1.29, 1.82) is 0 Å². The summed E-state index contributed by atoms with van der Waals surface area (Å²) in [5.41, 5.74) is 6.74. The van der Waals surface area contributed by atoms with Crippen LogP contribution in [-0.2, 0) is 7.05 Å². The number of nitrogens with zero attached hydrogens (tertiary/aromatic N) is 2. The Morgan fingerprint density at radius 2 is 2.32 bits per heavy atom. The first-order valence-corrected chi connectivity index (χ1v) is 7.07. The molecule has 0 saturated carbocycles. The minimum absolute atomic E-state index is 0.193. The quantitative estimate of drug-likeness (QED) is 0.907. The number of rotatable bonds is 4. The van der Waals surface area contributed by atoms with Crippen LogP contribution in [0, 0.1) is 0 Å². The normalized spacial score (nSPS) is 10.7. The molecule has 0 atom stereocenters. The fourth-order valence-corrected chi connectivity index (χ4v) is 3.09. The van der Waals surface area contributed by atoms with E-state index in [9.17, 15) is 4.79 Å². The van der Waals surface area contributed by atoms with Gasteiger partial charge in [-0.3, -0.25) is 9.48 Å². The van der Waals surface area contributed by atoms with Crippen LogP contribution in [0.15, 0.2) is 12.3 Å². The molecule has 0 aromatic carbocycles. The monoisotopic (exact) mass is 318 g/mol. The number of thiophene rings is 1. The summed E-state index contributed by atoms with van der Waals surface area (Å²) in [5.74, 6) is -0.193. The number of carbonyl (C=O) groups is 1. The van der Waals surface area contributed by atoms with Gasteiger partial charge in [0, 0.05) is 25.7 Å². The van der Waals surface area contributed by atoms with Crippen molar-refractivity contribution in [3.63, 3.8) is 0 Å². The lowest BCUT2D eigenvalue weighted by Gasteiger charge is -2.01. The zero-order valence-electron chi connectivity index (χ0n) is 10.1. The van der Waals surface area contributed by atoms with Crippen LogP contribution in [0.25, 0.3) is 11.3 Å². The summed E-state index contributed by atoms with van der Waals surface area (Å²) >= 11 is 13.4. The number of carbonyl (C=O) groups excluding carboxylic acids is 1. The molecule has 2 aromatic rings. The summed E-state index contributed by atoms with van der Waals surface area (Å²) in [7, 11) is 1.77. The van der Waals surface area contributed by atoms with Gasteiger partial charge in [0.15, 0.2) is 0 Å². The zero-order valence-corrected chi connectivity index (χ0v) is 12.4. The van der Waals surface area contributed by atoms with Gasteiger partial charge in [0.05, 0.1) is 21.8 Å². The standard InChI is InChI=1S/C11H12Cl2N4OS/c1-17-9(7(12)5-16-17)6-4-8(19-10(6)13)11(18)15-3-2-14/h4-5H,2-3,14H2,1H3,(H,15,18). The van der Waals surface area contributed by atoms with Gasteiger partial charge in [0.25, 0.3) is 5.91 Å². The number of hydrogen-bond donors (Lipinski definition) is 2. The van der Waals surface area contributed by atoms with E-state index < -0.39 is 0 Å². The lowest BCUT2D eigenvalue weighted by molar-refractivity contribution is 0.0959. The molecule has 1 amide bonds. The number of amides is 1. The highest BCUT2D eigenvalue weighted by Gasteiger charge is 2.18. The summed E-state index contributed by atoms with van der Waals surface area (Å²) in [6.45, 7) is 0.821. The van der Waals surface area contributed by atoms with Gasteiger partial charge in [0.1, 0.15) is 4.34 Å². The van der Waals surface area contributed by atoms with Crippen molar-refractivity contribution in [1.82, 2.24) is 15.1 Å². The van der Waals surface area contributed by atoms with Gasteiger partial charge in [-0.1, -0.05) is 23.2 Å².